The highest BCUT2D eigenvalue weighted by atomic mass is 16.5. The van der Waals surface area contributed by atoms with E-state index >= 15 is 0 Å². The van der Waals surface area contributed by atoms with Crippen molar-refractivity contribution >= 4 is 23.3 Å². The van der Waals surface area contributed by atoms with Crippen LogP contribution >= 0.6 is 0 Å². The maximum absolute atomic E-state index is 12.2. The Balaban J connectivity index is 1.96. The highest BCUT2D eigenvalue weighted by molar-refractivity contribution is 5.97. The topological polar surface area (TPSA) is 67.4 Å². The van der Waals surface area contributed by atoms with Crippen molar-refractivity contribution in [3.63, 3.8) is 0 Å². The van der Waals surface area contributed by atoms with Crippen molar-refractivity contribution < 1.29 is 14.3 Å². The first-order chi connectivity index (χ1) is 11.7. The molecule has 0 aliphatic carbocycles. The molecule has 0 saturated carbocycles. The van der Waals surface area contributed by atoms with E-state index in [4.69, 9.17) is 4.74 Å². The molecule has 0 aliphatic rings. The summed E-state index contributed by atoms with van der Waals surface area (Å²) in [6, 6.07) is 16.6. The van der Waals surface area contributed by atoms with Gasteiger partial charge in [0.15, 0.2) is 6.61 Å². The quantitative estimate of drug-likeness (QED) is 0.575. The standard InChI is InChI=1S/C19H22N2O3/c1-2-3-13-20-18(22)14-24-19(23)16-11-7-8-12-17(16)21-15-9-5-4-6-10-15/h4-12,21H,2-3,13-14H2,1H3,(H,20,22). The highest BCUT2D eigenvalue weighted by Gasteiger charge is 2.14. The summed E-state index contributed by atoms with van der Waals surface area (Å²) >= 11 is 0. The van der Waals surface area contributed by atoms with Gasteiger partial charge in [-0.1, -0.05) is 43.7 Å². The lowest BCUT2D eigenvalue weighted by Gasteiger charge is -2.12. The maximum Gasteiger partial charge on any atom is 0.340 e. The van der Waals surface area contributed by atoms with Gasteiger partial charge < -0.3 is 15.4 Å². The Morgan fingerprint density at radius 3 is 2.46 bits per heavy atom. The fourth-order valence-corrected chi connectivity index (χ4v) is 2.11. The second-order valence-corrected chi connectivity index (χ2v) is 5.32. The molecule has 0 heterocycles. The summed E-state index contributed by atoms with van der Waals surface area (Å²) in [5.74, 6) is -0.815. The van der Waals surface area contributed by atoms with Gasteiger partial charge in [-0.05, 0) is 30.7 Å². The van der Waals surface area contributed by atoms with Crippen LogP contribution in [0.25, 0.3) is 0 Å². The monoisotopic (exact) mass is 326 g/mol. The Morgan fingerprint density at radius 2 is 1.71 bits per heavy atom. The van der Waals surface area contributed by atoms with Crippen LogP contribution in [0, 0.1) is 0 Å². The summed E-state index contributed by atoms with van der Waals surface area (Å²) in [6.07, 6.45) is 1.90. The molecular formula is C19H22N2O3. The maximum atomic E-state index is 12.2. The van der Waals surface area contributed by atoms with Crippen molar-refractivity contribution in [3.05, 3.63) is 60.2 Å². The molecule has 0 radical (unpaired) electrons. The molecule has 0 bridgehead atoms. The highest BCUT2D eigenvalue weighted by Crippen LogP contribution is 2.21. The number of anilines is 2. The Labute approximate surface area is 142 Å². The molecule has 2 N–H and O–H groups in total. The molecule has 5 heteroatoms. The summed E-state index contributed by atoms with van der Waals surface area (Å²) in [6.45, 7) is 2.37. The van der Waals surface area contributed by atoms with Crippen LogP contribution in [0.3, 0.4) is 0 Å². The number of hydrogen-bond acceptors (Lipinski definition) is 4. The number of unbranched alkanes of at least 4 members (excludes halogenated alkanes) is 1. The third kappa shape index (κ3) is 5.43. The van der Waals surface area contributed by atoms with E-state index in [1.807, 2.05) is 43.3 Å². The molecule has 2 rings (SSSR count). The molecule has 5 nitrogen and oxygen atoms in total. The van der Waals surface area contributed by atoms with Gasteiger partial charge in [0.2, 0.25) is 0 Å². The minimum atomic E-state index is -0.528. The van der Waals surface area contributed by atoms with Gasteiger partial charge in [0.25, 0.3) is 5.91 Å². The smallest absolute Gasteiger partial charge is 0.340 e. The largest absolute Gasteiger partial charge is 0.452 e. The molecule has 126 valence electrons. The summed E-state index contributed by atoms with van der Waals surface area (Å²) < 4.78 is 5.11. The van der Waals surface area contributed by atoms with Crippen molar-refractivity contribution in [3.8, 4) is 0 Å². The van der Waals surface area contributed by atoms with Crippen LogP contribution in [-0.4, -0.2) is 25.0 Å². The number of ether oxygens (including phenoxy) is 1. The van der Waals surface area contributed by atoms with Crippen LogP contribution in [0.15, 0.2) is 54.6 Å². The second kappa shape index (κ2) is 9.35. The van der Waals surface area contributed by atoms with Crippen molar-refractivity contribution in [2.75, 3.05) is 18.5 Å². The van der Waals surface area contributed by atoms with Crippen molar-refractivity contribution in [1.29, 1.82) is 0 Å². The number of para-hydroxylation sites is 2. The number of carbonyl (C=O) groups excluding carboxylic acids is 2. The molecule has 0 saturated heterocycles. The first-order valence-corrected chi connectivity index (χ1v) is 8.05. The summed E-state index contributed by atoms with van der Waals surface area (Å²) in [7, 11) is 0. The van der Waals surface area contributed by atoms with Gasteiger partial charge in [-0.2, -0.15) is 0 Å². The Kier molecular flexibility index (Phi) is 6.83. The molecule has 0 atom stereocenters. The third-order valence-electron chi connectivity index (χ3n) is 3.39. The fourth-order valence-electron chi connectivity index (χ4n) is 2.11. The van der Waals surface area contributed by atoms with E-state index < -0.39 is 5.97 Å². The lowest BCUT2D eigenvalue weighted by atomic mass is 10.1. The lowest BCUT2D eigenvalue weighted by molar-refractivity contribution is -0.124. The molecule has 24 heavy (non-hydrogen) atoms. The number of rotatable bonds is 8. The first kappa shape index (κ1) is 17.5. The van der Waals surface area contributed by atoms with Gasteiger partial charge >= 0.3 is 5.97 Å². The van der Waals surface area contributed by atoms with E-state index in [-0.39, 0.29) is 12.5 Å². The van der Waals surface area contributed by atoms with Crippen LogP contribution in [0.2, 0.25) is 0 Å². The fraction of sp³-hybridized carbons (Fsp3) is 0.263. The zero-order chi connectivity index (χ0) is 17.2. The SMILES string of the molecule is CCCCNC(=O)COC(=O)c1ccccc1Nc1ccccc1. The summed E-state index contributed by atoms with van der Waals surface area (Å²) in [5.41, 5.74) is 1.90. The molecule has 0 spiro atoms. The minimum absolute atomic E-state index is 0.276. The van der Waals surface area contributed by atoms with Gasteiger partial charge in [0.1, 0.15) is 0 Å². The van der Waals surface area contributed by atoms with E-state index in [9.17, 15) is 9.59 Å². The van der Waals surface area contributed by atoms with Crippen LogP contribution in [0.5, 0.6) is 0 Å². The number of benzene rings is 2. The zero-order valence-corrected chi connectivity index (χ0v) is 13.7. The molecule has 2 aromatic carbocycles. The summed E-state index contributed by atoms with van der Waals surface area (Å²) in [5, 5.41) is 5.89. The normalized spacial score (nSPS) is 10.0. The van der Waals surface area contributed by atoms with Gasteiger partial charge in [-0.3, -0.25) is 4.79 Å². The molecule has 2 aromatic rings. The molecule has 1 amide bonds. The van der Waals surface area contributed by atoms with Crippen LogP contribution in [0.4, 0.5) is 11.4 Å². The van der Waals surface area contributed by atoms with Gasteiger partial charge in [0.05, 0.1) is 11.3 Å². The predicted molar refractivity (Wildman–Crippen MR) is 94.4 cm³/mol. The van der Waals surface area contributed by atoms with E-state index in [0.717, 1.165) is 18.5 Å². The van der Waals surface area contributed by atoms with E-state index in [1.165, 1.54) is 0 Å². The molecule has 0 fully saturated rings. The number of carbonyl (C=O) groups is 2. The zero-order valence-electron chi connectivity index (χ0n) is 13.7. The minimum Gasteiger partial charge on any atom is -0.452 e. The van der Waals surface area contributed by atoms with Crippen LogP contribution < -0.4 is 10.6 Å². The first-order valence-electron chi connectivity index (χ1n) is 8.05. The van der Waals surface area contributed by atoms with E-state index in [0.29, 0.717) is 17.8 Å². The number of amides is 1. The Hall–Kier alpha value is -2.82. The lowest BCUT2D eigenvalue weighted by Crippen LogP contribution is -2.29. The van der Waals surface area contributed by atoms with Crippen molar-refractivity contribution in [2.45, 2.75) is 19.8 Å². The second-order valence-electron chi connectivity index (χ2n) is 5.32. The molecular weight excluding hydrogens is 304 g/mol. The van der Waals surface area contributed by atoms with Crippen LogP contribution in [0.1, 0.15) is 30.1 Å². The van der Waals surface area contributed by atoms with Gasteiger partial charge in [0, 0.05) is 12.2 Å². The van der Waals surface area contributed by atoms with E-state index in [2.05, 4.69) is 10.6 Å². The van der Waals surface area contributed by atoms with Crippen molar-refractivity contribution in [2.24, 2.45) is 0 Å². The van der Waals surface area contributed by atoms with Crippen LogP contribution in [-0.2, 0) is 9.53 Å². The third-order valence-corrected chi connectivity index (χ3v) is 3.39. The van der Waals surface area contributed by atoms with E-state index in [1.54, 1.807) is 18.2 Å². The molecule has 0 unspecified atom stereocenters. The average molecular weight is 326 g/mol. The average Bonchev–Trinajstić information content (AvgIpc) is 2.61. The molecule has 0 aromatic heterocycles. The summed E-state index contributed by atoms with van der Waals surface area (Å²) in [4.78, 5) is 23.9. The Bertz CT molecular complexity index is 671. The Morgan fingerprint density at radius 1 is 1.00 bits per heavy atom. The number of hydrogen-bond donors (Lipinski definition) is 2. The molecule has 0 aliphatic heterocycles. The van der Waals surface area contributed by atoms with Gasteiger partial charge in [-0.15, -0.1) is 0 Å². The number of nitrogens with one attached hydrogen (secondary N) is 2. The van der Waals surface area contributed by atoms with Gasteiger partial charge in [-0.25, -0.2) is 4.79 Å². The van der Waals surface area contributed by atoms with Crippen molar-refractivity contribution in [1.82, 2.24) is 5.32 Å². The predicted octanol–water partition coefficient (Wildman–Crippen LogP) is 3.50. The number of esters is 1.